The van der Waals surface area contributed by atoms with E-state index < -0.39 is 0 Å². The first-order valence-corrected chi connectivity index (χ1v) is 5.00. The molecular formula is C12H12N2O2. The Balaban J connectivity index is 2.23. The van der Waals surface area contributed by atoms with E-state index in [0.717, 1.165) is 17.1 Å². The predicted molar refractivity (Wildman–Crippen MR) is 59.6 cm³/mol. The fourth-order valence-electron chi connectivity index (χ4n) is 1.44. The molecule has 0 fully saturated rings. The molecule has 82 valence electrons. The van der Waals surface area contributed by atoms with Crippen LogP contribution in [-0.2, 0) is 9.53 Å². The molecule has 1 aromatic carbocycles. The summed E-state index contributed by atoms with van der Waals surface area (Å²) in [5.74, 6) is 0.775. The fraction of sp³-hybridized carbons (Fsp3) is 0.167. The Morgan fingerprint density at radius 2 is 2.12 bits per heavy atom. The number of nitrogens with one attached hydrogen (secondary N) is 1. The van der Waals surface area contributed by atoms with Crippen LogP contribution in [0.5, 0.6) is 0 Å². The van der Waals surface area contributed by atoms with Gasteiger partial charge in [-0.1, -0.05) is 30.3 Å². The lowest BCUT2D eigenvalue weighted by atomic mass is 10.2. The zero-order valence-electron chi connectivity index (χ0n) is 8.88. The summed E-state index contributed by atoms with van der Waals surface area (Å²) in [6.07, 6.45) is 1.37. The van der Waals surface area contributed by atoms with Gasteiger partial charge in [0, 0.05) is 5.56 Å². The minimum atomic E-state index is -0.303. The lowest BCUT2D eigenvalue weighted by Crippen LogP contribution is -1.98. The molecule has 2 aromatic rings. The van der Waals surface area contributed by atoms with E-state index in [1.807, 2.05) is 30.3 Å². The quantitative estimate of drug-likeness (QED) is 0.798. The Hall–Kier alpha value is -2.10. The summed E-state index contributed by atoms with van der Waals surface area (Å²) < 4.78 is 4.83. The van der Waals surface area contributed by atoms with Crippen molar-refractivity contribution in [1.29, 1.82) is 0 Å². The van der Waals surface area contributed by atoms with Gasteiger partial charge in [-0.05, 0) is 6.92 Å². The molecule has 2 rings (SSSR count). The highest BCUT2D eigenvalue weighted by Crippen LogP contribution is 2.19. The SMILES string of the molecule is CC(OC=O)c1cnc(-c2ccccc2)[nH]1. The van der Waals surface area contributed by atoms with Crippen LogP contribution in [0.3, 0.4) is 0 Å². The third-order valence-electron chi connectivity index (χ3n) is 2.34. The van der Waals surface area contributed by atoms with E-state index in [1.165, 1.54) is 0 Å². The van der Waals surface area contributed by atoms with Crippen LogP contribution >= 0.6 is 0 Å². The first-order chi connectivity index (χ1) is 7.81. The lowest BCUT2D eigenvalue weighted by molar-refractivity contribution is -0.133. The van der Waals surface area contributed by atoms with Gasteiger partial charge in [0.2, 0.25) is 0 Å². The molecule has 0 aliphatic rings. The molecule has 0 aliphatic heterocycles. The van der Waals surface area contributed by atoms with Crippen LogP contribution in [0.15, 0.2) is 36.5 Å². The van der Waals surface area contributed by atoms with Crippen molar-refractivity contribution >= 4 is 6.47 Å². The van der Waals surface area contributed by atoms with E-state index in [1.54, 1.807) is 13.1 Å². The molecule has 0 radical (unpaired) electrons. The summed E-state index contributed by atoms with van der Waals surface area (Å²) in [5, 5.41) is 0. The topological polar surface area (TPSA) is 55.0 Å². The number of carbonyl (C=O) groups excluding carboxylic acids is 1. The average Bonchev–Trinajstić information content (AvgIpc) is 2.80. The third-order valence-corrected chi connectivity index (χ3v) is 2.34. The van der Waals surface area contributed by atoms with E-state index in [4.69, 9.17) is 4.74 Å². The van der Waals surface area contributed by atoms with E-state index in [-0.39, 0.29) is 6.10 Å². The molecular weight excluding hydrogens is 204 g/mol. The van der Waals surface area contributed by atoms with Gasteiger partial charge in [-0.3, -0.25) is 4.79 Å². The smallest absolute Gasteiger partial charge is 0.293 e. The fourth-order valence-corrected chi connectivity index (χ4v) is 1.44. The summed E-state index contributed by atoms with van der Waals surface area (Å²) in [6, 6.07) is 9.78. The molecule has 1 aromatic heterocycles. The Morgan fingerprint density at radius 3 is 2.81 bits per heavy atom. The van der Waals surface area contributed by atoms with Crippen LogP contribution in [0.1, 0.15) is 18.7 Å². The number of nitrogens with zero attached hydrogens (tertiary/aromatic N) is 1. The van der Waals surface area contributed by atoms with Crippen LogP contribution in [0.25, 0.3) is 11.4 Å². The molecule has 4 nitrogen and oxygen atoms in total. The van der Waals surface area contributed by atoms with Gasteiger partial charge in [-0.25, -0.2) is 4.98 Å². The second-order valence-corrected chi connectivity index (χ2v) is 3.43. The second-order valence-electron chi connectivity index (χ2n) is 3.43. The molecule has 0 saturated carbocycles. The number of imidazole rings is 1. The number of benzene rings is 1. The highest BCUT2D eigenvalue weighted by Gasteiger charge is 2.09. The molecule has 16 heavy (non-hydrogen) atoms. The Labute approximate surface area is 93.3 Å². The molecule has 0 bridgehead atoms. The molecule has 0 spiro atoms. The Kier molecular flexibility index (Phi) is 3.00. The van der Waals surface area contributed by atoms with Crippen molar-refractivity contribution in [2.75, 3.05) is 0 Å². The van der Waals surface area contributed by atoms with E-state index in [2.05, 4.69) is 9.97 Å². The Morgan fingerprint density at radius 1 is 1.38 bits per heavy atom. The molecule has 1 unspecified atom stereocenters. The van der Waals surface area contributed by atoms with Gasteiger partial charge in [-0.15, -0.1) is 0 Å². The minimum absolute atomic E-state index is 0.303. The molecule has 0 saturated heterocycles. The van der Waals surface area contributed by atoms with E-state index >= 15 is 0 Å². The standard InChI is InChI=1S/C12H12N2O2/c1-9(16-8-15)11-7-13-12(14-11)10-5-3-2-4-6-10/h2-9H,1H3,(H,13,14). The predicted octanol–water partition coefficient (Wildman–Crippen LogP) is 2.31. The van der Waals surface area contributed by atoms with Gasteiger partial charge in [0.25, 0.3) is 6.47 Å². The molecule has 0 aliphatic carbocycles. The maximum absolute atomic E-state index is 10.2. The van der Waals surface area contributed by atoms with Crippen molar-refractivity contribution in [3.8, 4) is 11.4 Å². The molecule has 4 heteroatoms. The average molecular weight is 216 g/mol. The van der Waals surface area contributed by atoms with Gasteiger partial charge in [0.1, 0.15) is 11.9 Å². The van der Waals surface area contributed by atoms with Crippen LogP contribution < -0.4 is 0 Å². The van der Waals surface area contributed by atoms with Crippen LogP contribution in [0.4, 0.5) is 0 Å². The van der Waals surface area contributed by atoms with Crippen molar-refractivity contribution in [3.05, 3.63) is 42.2 Å². The number of carbonyl (C=O) groups is 1. The third kappa shape index (κ3) is 2.11. The Bertz CT molecular complexity index is 465. The maximum Gasteiger partial charge on any atom is 0.293 e. The number of hydrogen-bond donors (Lipinski definition) is 1. The van der Waals surface area contributed by atoms with Gasteiger partial charge in [0.05, 0.1) is 11.9 Å². The van der Waals surface area contributed by atoms with E-state index in [9.17, 15) is 4.79 Å². The number of aromatic nitrogens is 2. The van der Waals surface area contributed by atoms with Gasteiger partial charge < -0.3 is 9.72 Å². The summed E-state index contributed by atoms with van der Waals surface area (Å²) in [5.41, 5.74) is 1.79. The number of hydrogen-bond acceptors (Lipinski definition) is 3. The van der Waals surface area contributed by atoms with Crippen LogP contribution in [0, 0.1) is 0 Å². The second kappa shape index (κ2) is 4.61. The summed E-state index contributed by atoms with van der Waals surface area (Å²) in [4.78, 5) is 17.6. The molecule has 1 atom stereocenters. The van der Waals surface area contributed by atoms with Crippen molar-refractivity contribution in [2.24, 2.45) is 0 Å². The first kappa shape index (κ1) is 10.4. The monoisotopic (exact) mass is 216 g/mol. The van der Waals surface area contributed by atoms with Crippen molar-refractivity contribution in [1.82, 2.24) is 9.97 Å². The van der Waals surface area contributed by atoms with Crippen molar-refractivity contribution < 1.29 is 9.53 Å². The number of H-pyrrole nitrogens is 1. The number of rotatable bonds is 4. The summed E-state index contributed by atoms with van der Waals surface area (Å²) in [7, 11) is 0. The van der Waals surface area contributed by atoms with Crippen molar-refractivity contribution in [3.63, 3.8) is 0 Å². The summed E-state index contributed by atoms with van der Waals surface area (Å²) >= 11 is 0. The normalized spacial score (nSPS) is 12.1. The molecule has 1 N–H and O–H groups in total. The number of ether oxygens (including phenoxy) is 1. The van der Waals surface area contributed by atoms with Gasteiger partial charge >= 0.3 is 0 Å². The molecule has 0 amide bonds. The molecule has 1 heterocycles. The largest absolute Gasteiger partial charge is 0.458 e. The summed E-state index contributed by atoms with van der Waals surface area (Å²) in [6.45, 7) is 2.23. The highest BCUT2D eigenvalue weighted by molar-refractivity contribution is 5.54. The minimum Gasteiger partial charge on any atom is -0.458 e. The zero-order chi connectivity index (χ0) is 11.4. The lowest BCUT2D eigenvalue weighted by Gasteiger charge is -2.05. The van der Waals surface area contributed by atoms with Crippen LogP contribution in [-0.4, -0.2) is 16.4 Å². The van der Waals surface area contributed by atoms with Gasteiger partial charge in [0.15, 0.2) is 0 Å². The number of aromatic amines is 1. The van der Waals surface area contributed by atoms with E-state index in [0.29, 0.717) is 6.47 Å². The van der Waals surface area contributed by atoms with Crippen molar-refractivity contribution in [2.45, 2.75) is 13.0 Å². The van der Waals surface area contributed by atoms with Crippen LogP contribution in [0.2, 0.25) is 0 Å². The highest BCUT2D eigenvalue weighted by atomic mass is 16.5. The van der Waals surface area contributed by atoms with Gasteiger partial charge in [-0.2, -0.15) is 0 Å². The first-order valence-electron chi connectivity index (χ1n) is 5.00. The zero-order valence-corrected chi connectivity index (χ0v) is 8.88. The maximum atomic E-state index is 10.2.